The lowest BCUT2D eigenvalue weighted by Crippen LogP contribution is -2.30. The summed E-state index contributed by atoms with van der Waals surface area (Å²) in [5.41, 5.74) is 0. The first-order valence-electron chi connectivity index (χ1n) is 39.6. The fourth-order valence-corrected chi connectivity index (χ4v) is 13.3. The number of carbonyl (C=O) groups excluding carboxylic acids is 4. The van der Waals surface area contributed by atoms with Crippen molar-refractivity contribution in [3.63, 3.8) is 0 Å². The van der Waals surface area contributed by atoms with Crippen LogP contribution in [0.5, 0.6) is 0 Å². The molecule has 2 unspecified atom stereocenters. The van der Waals surface area contributed by atoms with Crippen molar-refractivity contribution in [2.75, 3.05) is 39.6 Å². The van der Waals surface area contributed by atoms with E-state index in [-0.39, 0.29) is 25.7 Å². The molecule has 0 saturated carbocycles. The van der Waals surface area contributed by atoms with E-state index in [9.17, 15) is 43.2 Å². The number of hydrogen-bond donors (Lipinski definition) is 3. The summed E-state index contributed by atoms with van der Waals surface area (Å²) >= 11 is 0. The van der Waals surface area contributed by atoms with E-state index in [0.29, 0.717) is 25.7 Å². The molecule has 564 valence electrons. The van der Waals surface area contributed by atoms with Crippen LogP contribution in [0.3, 0.4) is 0 Å². The third-order valence-electron chi connectivity index (χ3n) is 17.8. The summed E-state index contributed by atoms with van der Waals surface area (Å²) in [5.74, 6) is -1.31. The minimum Gasteiger partial charge on any atom is -0.462 e. The van der Waals surface area contributed by atoms with Crippen molar-refractivity contribution in [3.05, 3.63) is 0 Å². The molecule has 95 heavy (non-hydrogen) atoms. The van der Waals surface area contributed by atoms with Gasteiger partial charge < -0.3 is 33.8 Å². The van der Waals surface area contributed by atoms with Crippen LogP contribution >= 0.6 is 15.6 Å². The van der Waals surface area contributed by atoms with Crippen molar-refractivity contribution >= 4 is 39.5 Å². The molecule has 0 aliphatic heterocycles. The fraction of sp³-hybridized carbons (Fsp3) is 0.947. The lowest BCUT2D eigenvalue weighted by atomic mass is 10.0. The molecule has 0 saturated heterocycles. The van der Waals surface area contributed by atoms with E-state index in [1.54, 1.807) is 0 Å². The molecule has 0 bridgehead atoms. The molecule has 0 aromatic heterocycles. The fourth-order valence-electron chi connectivity index (χ4n) is 11.7. The second-order valence-corrected chi connectivity index (χ2v) is 30.8. The highest BCUT2D eigenvalue weighted by molar-refractivity contribution is 7.47. The zero-order valence-electron chi connectivity index (χ0n) is 61.8. The average Bonchev–Trinajstić information content (AvgIpc) is 1.33. The summed E-state index contributed by atoms with van der Waals surface area (Å²) in [4.78, 5) is 72.7. The second kappa shape index (κ2) is 69.2. The number of aliphatic hydroxyl groups excluding tert-OH is 1. The van der Waals surface area contributed by atoms with Gasteiger partial charge in [-0.05, 0) is 31.6 Å². The van der Waals surface area contributed by atoms with Gasteiger partial charge in [0.2, 0.25) is 0 Å². The van der Waals surface area contributed by atoms with Crippen molar-refractivity contribution in [1.82, 2.24) is 0 Å². The Morgan fingerprint density at radius 3 is 0.716 bits per heavy atom. The van der Waals surface area contributed by atoms with Gasteiger partial charge in [-0.15, -0.1) is 0 Å². The van der Waals surface area contributed by atoms with E-state index in [1.165, 1.54) is 212 Å². The van der Waals surface area contributed by atoms with Gasteiger partial charge >= 0.3 is 39.5 Å². The maximum absolute atomic E-state index is 13.1. The van der Waals surface area contributed by atoms with Crippen LogP contribution in [0.2, 0.25) is 0 Å². The number of esters is 4. The number of ether oxygens (including phenoxy) is 4. The van der Waals surface area contributed by atoms with Gasteiger partial charge in [0, 0.05) is 25.7 Å². The van der Waals surface area contributed by atoms with Gasteiger partial charge in [-0.3, -0.25) is 37.3 Å². The Balaban J connectivity index is 5.18. The Morgan fingerprint density at radius 2 is 0.484 bits per heavy atom. The van der Waals surface area contributed by atoms with Gasteiger partial charge in [-0.25, -0.2) is 9.13 Å². The molecule has 0 rings (SSSR count). The second-order valence-electron chi connectivity index (χ2n) is 27.9. The van der Waals surface area contributed by atoms with Crippen LogP contribution in [0.25, 0.3) is 0 Å². The lowest BCUT2D eigenvalue weighted by Gasteiger charge is -2.21. The lowest BCUT2D eigenvalue weighted by molar-refractivity contribution is -0.161. The molecule has 0 aliphatic rings. The third-order valence-corrected chi connectivity index (χ3v) is 19.7. The predicted molar refractivity (Wildman–Crippen MR) is 386 cm³/mol. The maximum Gasteiger partial charge on any atom is 0.472 e. The molecule has 0 radical (unpaired) electrons. The Hall–Kier alpha value is -1.94. The van der Waals surface area contributed by atoms with Gasteiger partial charge in [0.1, 0.15) is 19.3 Å². The van der Waals surface area contributed by atoms with Gasteiger partial charge in [0.05, 0.1) is 26.4 Å². The zero-order chi connectivity index (χ0) is 69.8. The smallest absolute Gasteiger partial charge is 0.462 e. The number of rotatable bonds is 76. The molecule has 0 heterocycles. The number of hydrogen-bond acceptors (Lipinski definition) is 15. The van der Waals surface area contributed by atoms with Crippen molar-refractivity contribution in [1.29, 1.82) is 0 Å². The zero-order valence-corrected chi connectivity index (χ0v) is 63.6. The van der Waals surface area contributed by atoms with Gasteiger partial charge in [0.15, 0.2) is 12.2 Å². The highest BCUT2D eigenvalue weighted by Crippen LogP contribution is 2.45. The van der Waals surface area contributed by atoms with Crippen LogP contribution in [0.4, 0.5) is 0 Å². The molecular weight excluding hydrogens is 1250 g/mol. The maximum atomic E-state index is 13.1. The van der Waals surface area contributed by atoms with E-state index >= 15 is 0 Å². The number of phosphoric ester groups is 2. The van der Waals surface area contributed by atoms with Crippen LogP contribution in [0.15, 0.2) is 0 Å². The van der Waals surface area contributed by atoms with Gasteiger partial charge in [-0.1, -0.05) is 349 Å². The van der Waals surface area contributed by atoms with E-state index in [4.69, 9.17) is 37.0 Å². The summed E-state index contributed by atoms with van der Waals surface area (Å²) in [5, 5.41) is 10.6. The van der Waals surface area contributed by atoms with Crippen molar-refractivity contribution in [2.24, 2.45) is 5.92 Å². The topological polar surface area (TPSA) is 237 Å². The Kier molecular flexibility index (Phi) is 67.7. The Morgan fingerprint density at radius 1 is 0.284 bits per heavy atom. The third kappa shape index (κ3) is 70.3. The van der Waals surface area contributed by atoms with Crippen LogP contribution in [-0.4, -0.2) is 96.7 Å². The minimum absolute atomic E-state index is 0.108. The summed E-state index contributed by atoms with van der Waals surface area (Å²) in [6.45, 7) is 7.29. The van der Waals surface area contributed by atoms with Crippen LogP contribution in [-0.2, 0) is 65.4 Å². The normalized spacial score (nSPS) is 13.9. The molecule has 0 aromatic carbocycles. The SMILES string of the molecule is CCCCCCCCCCCCCCCCCCC(=O)OC[C@H](COP(=O)(O)OC[C@@H](O)COP(=O)(O)OC[C@@H](COC(=O)CCCCCCCCC)OC(=O)CCCCCCCCCCCCCCC)OC(=O)CCCCCCCCCCCCCCCCCCC(C)C. The average molecular weight is 1400 g/mol. The molecule has 0 amide bonds. The van der Waals surface area contributed by atoms with E-state index < -0.39 is 97.5 Å². The molecule has 19 heteroatoms. The van der Waals surface area contributed by atoms with Crippen LogP contribution in [0, 0.1) is 5.92 Å². The van der Waals surface area contributed by atoms with Crippen molar-refractivity contribution < 1.29 is 80.2 Å². The number of unbranched alkanes of at least 4 members (excludes halogenated alkanes) is 48. The molecule has 0 aliphatic carbocycles. The first-order chi connectivity index (χ1) is 46.0. The standard InChI is InChI=1S/C76H148O17P2/c1-6-9-12-15-18-20-22-24-25-29-33-36-40-45-50-55-60-74(79)87-66-72(93-76(81)62-57-52-47-42-38-34-30-27-26-28-32-35-39-44-48-53-58-69(4)5)68-91-95(84,85)89-64-70(77)63-88-94(82,83)90-67-71(65-86-73(78)59-54-49-43-17-14-11-8-3)92-75(80)61-56-51-46-41-37-31-23-21-19-16-13-10-7-2/h69-72,77H,6-68H2,1-5H3,(H,82,83)(H,84,85)/t70-,71+,72+/m0/s1. The first kappa shape index (κ1) is 93.1. The van der Waals surface area contributed by atoms with Crippen LogP contribution in [0.1, 0.15) is 401 Å². The highest BCUT2D eigenvalue weighted by atomic mass is 31.2. The molecule has 17 nitrogen and oxygen atoms in total. The quantitative estimate of drug-likeness (QED) is 0.0222. The molecule has 0 aromatic rings. The summed E-state index contributed by atoms with van der Waals surface area (Å²) in [6.07, 6.45) is 58.3. The number of carbonyl (C=O) groups is 4. The first-order valence-corrected chi connectivity index (χ1v) is 42.6. The van der Waals surface area contributed by atoms with E-state index in [0.717, 1.165) is 109 Å². The molecule has 0 spiro atoms. The summed E-state index contributed by atoms with van der Waals surface area (Å²) in [6, 6.07) is 0. The number of aliphatic hydroxyl groups is 1. The largest absolute Gasteiger partial charge is 0.472 e. The number of phosphoric acid groups is 2. The Labute approximate surface area is 581 Å². The van der Waals surface area contributed by atoms with Gasteiger partial charge in [-0.2, -0.15) is 0 Å². The summed E-state index contributed by atoms with van der Waals surface area (Å²) in [7, 11) is -9.90. The van der Waals surface area contributed by atoms with Crippen molar-refractivity contribution in [2.45, 2.75) is 419 Å². The monoisotopic (exact) mass is 1400 g/mol. The minimum atomic E-state index is -4.96. The Bertz CT molecular complexity index is 1820. The predicted octanol–water partition coefficient (Wildman–Crippen LogP) is 22.5. The molecular formula is C76H148O17P2. The van der Waals surface area contributed by atoms with Crippen molar-refractivity contribution in [3.8, 4) is 0 Å². The van der Waals surface area contributed by atoms with E-state index in [1.807, 2.05) is 0 Å². The van der Waals surface area contributed by atoms with Gasteiger partial charge in [0.25, 0.3) is 0 Å². The highest BCUT2D eigenvalue weighted by Gasteiger charge is 2.30. The molecule has 3 N–H and O–H groups in total. The molecule has 0 fully saturated rings. The summed E-state index contributed by atoms with van der Waals surface area (Å²) < 4.78 is 68.4. The van der Waals surface area contributed by atoms with E-state index in [2.05, 4.69) is 34.6 Å². The molecule has 5 atom stereocenters. The van der Waals surface area contributed by atoms with Crippen LogP contribution < -0.4 is 0 Å².